The molecular weight excluding hydrogens is 344 g/mol. The quantitative estimate of drug-likeness (QED) is 0.466. The van der Waals surface area contributed by atoms with Gasteiger partial charge in [-0.3, -0.25) is 9.48 Å². The first-order chi connectivity index (χ1) is 12.1. The number of nitrogens with one attached hydrogen (secondary N) is 1. The number of amides is 1. The monoisotopic (exact) mass is 360 g/mol. The highest BCUT2D eigenvalue weighted by molar-refractivity contribution is 6.17. The number of carbonyl (C=O) groups is 1. The summed E-state index contributed by atoms with van der Waals surface area (Å²) >= 11 is 5.65. The fraction of sp³-hybridized carbons (Fsp3) is 0.235. The number of hydrogen-bond acceptors (Lipinski definition) is 5. The molecule has 1 aromatic carbocycles. The van der Waals surface area contributed by atoms with Crippen LogP contribution >= 0.6 is 11.6 Å². The zero-order chi connectivity index (χ0) is 18.2. The molecule has 25 heavy (non-hydrogen) atoms. The molecule has 0 unspecified atom stereocenters. The lowest BCUT2D eigenvalue weighted by Crippen LogP contribution is -2.13. The SMILES string of the molecule is COc1ccc(NC(=O)/C(C#N)=C\c2cnn(CCCl)c2)cc1OC. The maximum atomic E-state index is 12.3. The molecule has 2 rings (SSSR count). The first kappa shape index (κ1) is 18.4. The molecule has 0 spiro atoms. The summed E-state index contributed by atoms with van der Waals surface area (Å²) in [4.78, 5) is 12.3. The molecular formula is C17H17ClN4O3. The van der Waals surface area contributed by atoms with Gasteiger partial charge in [-0.05, 0) is 18.2 Å². The van der Waals surface area contributed by atoms with Crippen LogP contribution in [0.15, 0.2) is 36.2 Å². The van der Waals surface area contributed by atoms with E-state index in [1.165, 1.54) is 20.3 Å². The van der Waals surface area contributed by atoms with Crippen LogP contribution in [0.25, 0.3) is 6.08 Å². The van der Waals surface area contributed by atoms with E-state index in [2.05, 4.69) is 10.4 Å². The number of carbonyl (C=O) groups excluding carboxylic acids is 1. The van der Waals surface area contributed by atoms with Crippen LogP contribution in [0.2, 0.25) is 0 Å². The maximum absolute atomic E-state index is 12.3. The average molecular weight is 361 g/mol. The smallest absolute Gasteiger partial charge is 0.266 e. The minimum atomic E-state index is -0.528. The largest absolute Gasteiger partial charge is 0.493 e. The Kier molecular flexibility index (Phi) is 6.43. The number of hydrogen-bond donors (Lipinski definition) is 1. The number of anilines is 1. The highest BCUT2D eigenvalue weighted by Crippen LogP contribution is 2.29. The summed E-state index contributed by atoms with van der Waals surface area (Å²) in [6.45, 7) is 0.551. The molecule has 0 atom stereocenters. The highest BCUT2D eigenvalue weighted by atomic mass is 35.5. The summed E-state index contributed by atoms with van der Waals surface area (Å²) in [5.41, 5.74) is 1.09. The second kappa shape index (κ2) is 8.76. The molecule has 8 heteroatoms. The van der Waals surface area contributed by atoms with E-state index >= 15 is 0 Å². The van der Waals surface area contributed by atoms with Crippen molar-refractivity contribution in [3.8, 4) is 17.6 Å². The molecule has 130 valence electrons. The number of nitriles is 1. The average Bonchev–Trinajstić information content (AvgIpc) is 3.06. The third-order valence-corrected chi connectivity index (χ3v) is 3.45. The fourth-order valence-corrected chi connectivity index (χ4v) is 2.26. The molecule has 2 aromatic rings. The molecule has 1 N–H and O–H groups in total. The number of methoxy groups -OCH3 is 2. The highest BCUT2D eigenvalue weighted by Gasteiger charge is 2.12. The Hall–Kier alpha value is -2.98. The Labute approximate surface area is 150 Å². The summed E-state index contributed by atoms with van der Waals surface area (Å²) in [7, 11) is 3.03. The summed E-state index contributed by atoms with van der Waals surface area (Å²) in [5.74, 6) is 0.920. The number of benzene rings is 1. The fourth-order valence-electron chi connectivity index (χ4n) is 2.09. The van der Waals surface area contributed by atoms with Crippen LogP contribution in [0.5, 0.6) is 11.5 Å². The lowest BCUT2D eigenvalue weighted by Gasteiger charge is -2.10. The van der Waals surface area contributed by atoms with Crippen molar-refractivity contribution >= 4 is 29.3 Å². The van der Waals surface area contributed by atoms with Crippen molar-refractivity contribution < 1.29 is 14.3 Å². The van der Waals surface area contributed by atoms with E-state index in [0.29, 0.717) is 35.2 Å². The van der Waals surface area contributed by atoms with Gasteiger partial charge in [0.1, 0.15) is 11.6 Å². The summed E-state index contributed by atoms with van der Waals surface area (Å²) in [6.07, 6.45) is 4.74. The van der Waals surface area contributed by atoms with E-state index < -0.39 is 5.91 Å². The number of ether oxygens (including phenoxy) is 2. The zero-order valence-electron chi connectivity index (χ0n) is 13.8. The summed E-state index contributed by atoms with van der Waals surface area (Å²) in [5, 5.41) is 16.0. The van der Waals surface area contributed by atoms with Crippen LogP contribution in [0.4, 0.5) is 5.69 Å². The molecule has 0 aliphatic heterocycles. The van der Waals surface area contributed by atoms with Gasteiger partial charge in [0.2, 0.25) is 0 Å². The minimum Gasteiger partial charge on any atom is -0.493 e. The van der Waals surface area contributed by atoms with E-state index in [4.69, 9.17) is 21.1 Å². The molecule has 7 nitrogen and oxygen atoms in total. The molecule has 0 saturated carbocycles. The van der Waals surface area contributed by atoms with E-state index in [0.717, 1.165) is 0 Å². The number of alkyl halides is 1. The van der Waals surface area contributed by atoms with Gasteiger partial charge < -0.3 is 14.8 Å². The van der Waals surface area contributed by atoms with E-state index in [-0.39, 0.29) is 5.57 Å². The van der Waals surface area contributed by atoms with Gasteiger partial charge in [0.15, 0.2) is 11.5 Å². The normalized spacial score (nSPS) is 10.9. The Morgan fingerprint density at radius 1 is 1.40 bits per heavy atom. The minimum absolute atomic E-state index is 0.0415. The van der Waals surface area contributed by atoms with Crippen LogP contribution in [0, 0.1) is 11.3 Å². The molecule has 0 radical (unpaired) electrons. The van der Waals surface area contributed by atoms with E-state index in [1.54, 1.807) is 35.3 Å². The number of rotatable bonds is 7. The second-order valence-electron chi connectivity index (χ2n) is 4.92. The van der Waals surface area contributed by atoms with Crippen LogP contribution in [-0.2, 0) is 11.3 Å². The third kappa shape index (κ3) is 4.75. The van der Waals surface area contributed by atoms with Gasteiger partial charge in [0.05, 0.1) is 27.0 Å². The molecule has 1 aromatic heterocycles. The first-order valence-corrected chi connectivity index (χ1v) is 7.88. The van der Waals surface area contributed by atoms with Crippen molar-refractivity contribution in [3.63, 3.8) is 0 Å². The van der Waals surface area contributed by atoms with Crippen LogP contribution in [0.3, 0.4) is 0 Å². The predicted octanol–water partition coefficient (Wildman–Crippen LogP) is 2.68. The first-order valence-electron chi connectivity index (χ1n) is 7.35. The lowest BCUT2D eigenvalue weighted by molar-refractivity contribution is -0.112. The van der Waals surface area contributed by atoms with Gasteiger partial charge in [-0.15, -0.1) is 11.6 Å². The zero-order valence-corrected chi connectivity index (χ0v) is 14.6. The van der Waals surface area contributed by atoms with E-state index in [9.17, 15) is 10.1 Å². The molecule has 0 fully saturated rings. The second-order valence-corrected chi connectivity index (χ2v) is 5.30. The van der Waals surface area contributed by atoms with Gasteiger partial charge >= 0.3 is 0 Å². The Balaban J connectivity index is 2.17. The molecule has 0 aliphatic carbocycles. The third-order valence-electron chi connectivity index (χ3n) is 3.28. The van der Waals surface area contributed by atoms with Gasteiger partial charge in [0.25, 0.3) is 5.91 Å². The van der Waals surface area contributed by atoms with Gasteiger partial charge in [-0.1, -0.05) is 0 Å². The maximum Gasteiger partial charge on any atom is 0.266 e. The van der Waals surface area contributed by atoms with Crippen LogP contribution < -0.4 is 14.8 Å². The molecule has 0 saturated heterocycles. The van der Waals surface area contributed by atoms with Crippen LogP contribution in [-0.4, -0.2) is 35.8 Å². The van der Waals surface area contributed by atoms with Gasteiger partial charge in [-0.25, -0.2) is 0 Å². The summed E-state index contributed by atoms with van der Waals surface area (Å²) < 4.78 is 12.0. The van der Waals surface area contributed by atoms with Crippen molar-refractivity contribution in [3.05, 3.63) is 41.7 Å². The van der Waals surface area contributed by atoms with E-state index in [1.807, 2.05) is 6.07 Å². The van der Waals surface area contributed by atoms with Crippen molar-refractivity contribution in [2.75, 3.05) is 25.4 Å². The number of aromatic nitrogens is 2. The predicted molar refractivity (Wildman–Crippen MR) is 94.7 cm³/mol. The Bertz CT molecular complexity index is 824. The van der Waals surface area contributed by atoms with Gasteiger partial charge in [0, 0.05) is 29.4 Å². The molecule has 0 aliphatic rings. The van der Waals surface area contributed by atoms with Crippen molar-refractivity contribution in [1.29, 1.82) is 5.26 Å². The molecule has 0 bridgehead atoms. The van der Waals surface area contributed by atoms with Crippen molar-refractivity contribution in [2.24, 2.45) is 0 Å². The standard InChI is InChI=1S/C17H17ClN4O3/c1-24-15-4-3-14(8-16(15)25-2)21-17(23)13(9-19)7-12-10-20-22(11-12)6-5-18/h3-4,7-8,10-11H,5-6H2,1-2H3,(H,21,23)/b13-7-. The number of aryl methyl sites for hydroxylation is 1. The number of halogens is 1. The number of nitrogens with zero attached hydrogens (tertiary/aromatic N) is 3. The Morgan fingerprint density at radius 2 is 2.16 bits per heavy atom. The molecule has 1 heterocycles. The topological polar surface area (TPSA) is 89.2 Å². The lowest BCUT2D eigenvalue weighted by atomic mass is 10.2. The van der Waals surface area contributed by atoms with Crippen molar-refractivity contribution in [2.45, 2.75) is 6.54 Å². The summed E-state index contributed by atoms with van der Waals surface area (Å²) in [6, 6.07) is 6.83. The van der Waals surface area contributed by atoms with Crippen molar-refractivity contribution in [1.82, 2.24) is 9.78 Å². The molecule has 1 amide bonds. The van der Waals surface area contributed by atoms with Gasteiger partial charge in [-0.2, -0.15) is 10.4 Å². The van der Waals surface area contributed by atoms with Crippen LogP contribution in [0.1, 0.15) is 5.56 Å². The Morgan fingerprint density at radius 3 is 2.80 bits per heavy atom.